The van der Waals surface area contributed by atoms with E-state index >= 15 is 0 Å². The molecule has 0 radical (unpaired) electrons. The van der Waals surface area contributed by atoms with E-state index in [0.29, 0.717) is 29.6 Å². The van der Waals surface area contributed by atoms with Gasteiger partial charge in [0.05, 0.1) is 18.1 Å². The van der Waals surface area contributed by atoms with Crippen molar-refractivity contribution in [1.82, 2.24) is 0 Å². The lowest BCUT2D eigenvalue weighted by Crippen LogP contribution is -2.21. The average molecular weight is 473 g/mol. The van der Waals surface area contributed by atoms with Gasteiger partial charge in [-0.1, -0.05) is 32.0 Å². The van der Waals surface area contributed by atoms with Crippen LogP contribution >= 0.6 is 0 Å². The molecule has 2 N–H and O–H groups in total. The van der Waals surface area contributed by atoms with Gasteiger partial charge < -0.3 is 19.9 Å². The van der Waals surface area contributed by atoms with Crippen molar-refractivity contribution in [1.29, 1.82) is 5.26 Å². The van der Waals surface area contributed by atoms with Crippen molar-refractivity contribution in [2.75, 3.05) is 6.61 Å². The van der Waals surface area contributed by atoms with Crippen LogP contribution in [-0.2, 0) is 0 Å². The van der Waals surface area contributed by atoms with E-state index in [9.17, 15) is 14.4 Å². The molecular formula is C28H25FN2O4. The Morgan fingerprint density at radius 2 is 1.89 bits per heavy atom. The number of hydrogen-bond acceptors (Lipinski definition) is 6. The van der Waals surface area contributed by atoms with Crippen LogP contribution in [0.1, 0.15) is 47.7 Å². The summed E-state index contributed by atoms with van der Waals surface area (Å²) in [5, 5.41) is 9.81. The Balaban J connectivity index is 1.62. The number of carbonyl (C=O) groups excluding carboxylic acids is 1. The van der Waals surface area contributed by atoms with Crippen molar-refractivity contribution in [3.8, 4) is 23.3 Å². The summed E-state index contributed by atoms with van der Waals surface area (Å²) in [7, 11) is 0. The Morgan fingerprint density at radius 3 is 2.60 bits per heavy atom. The van der Waals surface area contributed by atoms with Gasteiger partial charge in [0.15, 0.2) is 0 Å². The number of benzene rings is 3. The summed E-state index contributed by atoms with van der Waals surface area (Å²) in [5.74, 6) is 0.275. The van der Waals surface area contributed by atoms with Gasteiger partial charge in [0, 0.05) is 11.6 Å². The lowest BCUT2D eigenvalue weighted by Gasteiger charge is -2.27. The first-order valence-electron chi connectivity index (χ1n) is 11.3. The predicted octanol–water partition coefficient (Wildman–Crippen LogP) is 5.69. The van der Waals surface area contributed by atoms with Gasteiger partial charge in [-0.25, -0.2) is 9.18 Å². The van der Waals surface area contributed by atoms with E-state index in [1.807, 2.05) is 24.3 Å². The SMILES string of the molecule is CC(C)CCOc1cccc(C2C(C#N)=C(N)Oc3cc(OC(=O)c4ccc(F)cc4)ccc32)c1. The number of nitrogens with two attached hydrogens (primary N) is 1. The van der Waals surface area contributed by atoms with E-state index in [4.69, 9.17) is 19.9 Å². The molecule has 0 fully saturated rings. The number of halogens is 1. The maximum absolute atomic E-state index is 13.1. The molecule has 3 aromatic rings. The summed E-state index contributed by atoms with van der Waals surface area (Å²) in [5.41, 5.74) is 8.13. The zero-order valence-corrected chi connectivity index (χ0v) is 19.5. The molecule has 1 heterocycles. The first-order valence-corrected chi connectivity index (χ1v) is 11.3. The summed E-state index contributed by atoms with van der Waals surface area (Å²) in [6.07, 6.45) is 0.931. The molecule has 3 aromatic carbocycles. The molecule has 35 heavy (non-hydrogen) atoms. The van der Waals surface area contributed by atoms with Crippen LogP contribution in [0.15, 0.2) is 78.2 Å². The molecule has 178 valence electrons. The van der Waals surface area contributed by atoms with Gasteiger partial charge >= 0.3 is 5.97 Å². The first kappa shape index (κ1) is 23.8. The van der Waals surface area contributed by atoms with Gasteiger partial charge in [-0.05, 0) is 60.4 Å². The molecule has 6 nitrogen and oxygen atoms in total. The summed E-state index contributed by atoms with van der Waals surface area (Å²) < 4.78 is 30.2. The van der Waals surface area contributed by atoms with Crippen LogP contribution < -0.4 is 19.9 Å². The highest BCUT2D eigenvalue weighted by molar-refractivity contribution is 5.91. The van der Waals surface area contributed by atoms with E-state index in [2.05, 4.69) is 19.9 Å². The minimum absolute atomic E-state index is 0.0156. The van der Waals surface area contributed by atoms with Crippen LogP contribution in [0.2, 0.25) is 0 Å². The van der Waals surface area contributed by atoms with E-state index in [1.54, 1.807) is 18.2 Å². The standard InChI is InChI=1S/C28H25FN2O4/c1-17(2)12-13-33-21-5-3-4-19(14-21)26-23-11-10-22(15-25(23)35-27(31)24(26)16-30)34-28(32)18-6-8-20(29)9-7-18/h3-11,14-15,17,26H,12-13,31H2,1-2H3. The maximum atomic E-state index is 13.1. The number of carbonyl (C=O) groups is 1. The Bertz CT molecular complexity index is 1310. The van der Waals surface area contributed by atoms with Crippen LogP contribution in [0.4, 0.5) is 4.39 Å². The molecular weight excluding hydrogens is 447 g/mol. The molecule has 4 rings (SSSR count). The summed E-state index contributed by atoms with van der Waals surface area (Å²) >= 11 is 0. The van der Waals surface area contributed by atoms with Crippen molar-refractivity contribution in [3.63, 3.8) is 0 Å². The van der Waals surface area contributed by atoms with Gasteiger partial charge in [-0.3, -0.25) is 0 Å². The molecule has 1 unspecified atom stereocenters. The second-order valence-corrected chi connectivity index (χ2v) is 8.62. The average Bonchev–Trinajstić information content (AvgIpc) is 2.83. The zero-order valence-electron chi connectivity index (χ0n) is 19.5. The molecule has 7 heteroatoms. The highest BCUT2D eigenvalue weighted by Gasteiger charge is 2.31. The Morgan fingerprint density at radius 1 is 1.11 bits per heavy atom. The lowest BCUT2D eigenvalue weighted by molar-refractivity contribution is 0.0734. The Hall–Kier alpha value is -4.31. The summed E-state index contributed by atoms with van der Waals surface area (Å²) in [4.78, 5) is 12.4. The summed E-state index contributed by atoms with van der Waals surface area (Å²) in [6.45, 7) is 4.87. The molecule has 0 spiro atoms. The number of esters is 1. The highest BCUT2D eigenvalue weighted by atomic mass is 19.1. The van der Waals surface area contributed by atoms with Crippen molar-refractivity contribution in [3.05, 3.63) is 101 Å². The van der Waals surface area contributed by atoms with Crippen LogP contribution in [0.25, 0.3) is 0 Å². The van der Waals surface area contributed by atoms with Gasteiger partial charge in [-0.15, -0.1) is 0 Å². The quantitative estimate of drug-likeness (QED) is 0.351. The molecule has 1 atom stereocenters. The van der Waals surface area contributed by atoms with Gasteiger partial charge in [0.25, 0.3) is 0 Å². The first-order chi connectivity index (χ1) is 16.9. The monoisotopic (exact) mass is 472 g/mol. The van der Waals surface area contributed by atoms with Crippen molar-refractivity contribution < 1.29 is 23.4 Å². The normalized spacial score (nSPS) is 14.7. The number of hydrogen-bond donors (Lipinski definition) is 1. The van der Waals surface area contributed by atoms with Gasteiger partial charge in [0.2, 0.25) is 5.88 Å². The molecule has 1 aliphatic heterocycles. The minimum atomic E-state index is -0.634. The van der Waals surface area contributed by atoms with Crippen molar-refractivity contribution in [2.24, 2.45) is 11.7 Å². The molecule has 0 aromatic heterocycles. The smallest absolute Gasteiger partial charge is 0.343 e. The van der Waals surface area contributed by atoms with Crippen LogP contribution in [-0.4, -0.2) is 12.6 Å². The molecule has 0 saturated carbocycles. The maximum Gasteiger partial charge on any atom is 0.343 e. The van der Waals surface area contributed by atoms with E-state index in [-0.39, 0.29) is 22.8 Å². The molecule has 0 saturated heterocycles. The Labute approximate surface area is 203 Å². The number of fused-ring (bicyclic) bond motifs is 1. The largest absolute Gasteiger partial charge is 0.494 e. The third-order valence-corrected chi connectivity index (χ3v) is 5.64. The van der Waals surface area contributed by atoms with Crippen LogP contribution in [0.3, 0.4) is 0 Å². The second-order valence-electron chi connectivity index (χ2n) is 8.62. The Kier molecular flexibility index (Phi) is 7.02. The summed E-state index contributed by atoms with van der Waals surface area (Å²) in [6, 6.07) is 19.7. The van der Waals surface area contributed by atoms with Gasteiger partial charge in [-0.2, -0.15) is 5.26 Å². The van der Waals surface area contributed by atoms with E-state index in [1.165, 1.54) is 24.3 Å². The zero-order chi connectivity index (χ0) is 24.9. The van der Waals surface area contributed by atoms with E-state index in [0.717, 1.165) is 12.0 Å². The fourth-order valence-electron chi connectivity index (χ4n) is 3.79. The minimum Gasteiger partial charge on any atom is -0.494 e. The van der Waals surface area contributed by atoms with Crippen LogP contribution in [0, 0.1) is 23.1 Å². The third-order valence-electron chi connectivity index (χ3n) is 5.64. The van der Waals surface area contributed by atoms with E-state index < -0.39 is 17.7 Å². The van der Waals surface area contributed by atoms with Crippen LogP contribution in [0.5, 0.6) is 17.2 Å². The fraction of sp³-hybridized carbons (Fsp3) is 0.214. The second kappa shape index (κ2) is 10.3. The fourth-order valence-corrected chi connectivity index (χ4v) is 3.79. The van der Waals surface area contributed by atoms with Crippen molar-refractivity contribution >= 4 is 5.97 Å². The number of nitriles is 1. The highest BCUT2D eigenvalue weighted by Crippen LogP contribution is 2.44. The van der Waals surface area contributed by atoms with Gasteiger partial charge in [0.1, 0.15) is 34.7 Å². The van der Waals surface area contributed by atoms with Crippen molar-refractivity contribution in [2.45, 2.75) is 26.2 Å². The third kappa shape index (κ3) is 5.44. The number of allylic oxidation sites excluding steroid dienone is 1. The lowest BCUT2D eigenvalue weighted by atomic mass is 9.83. The predicted molar refractivity (Wildman–Crippen MR) is 128 cm³/mol. The number of nitrogens with zero attached hydrogens (tertiary/aromatic N) is 1. The topological polar surface area (TPSA) is 94.6 Å². The molecule has 0 bridgehead atoms. The molecule has 0 amide bonds. The number of ether oxygens (including phenoxy) is 3. The molecule has 0 aliphatic carbocycles. The number of rotatable bonds is 7. The molecule has 1 aliphatic rings.